The highest BCUT2D eigenvalue weighted by atomic mass is 16.5. The van der Waals surface area contributed by atoms with Gasteiger partial charge in [-0.2, -0.15) is 0 Å². The van der Waals surface area contributed by atoms with Gasteiger partial charge < -0.3 is 4.74 Å². The molecule has 0 aromatic heterocycles. The number of carbonyl (C=O) groups excluding carboxylic acids is 1. The Bertz CT molecular complexity index is 211. The maximum atomic E-state index is 11.6. The van der Waals surface area contributed by atoms with E-state index in [9.17, 15) is 4.79 Å². The van der Waals surface area contributed by atoms with E-state index in [1.165, 1.54) is 64.2 Å². The van der Waals surface area contributed by atoms with Crippen LogP contribution in [0.1, 0.15) is 91.9 Å². The fraction of sp³-hybridized carbons (Fsp3) is 0.944. The van der Waals surface area contributed by atoms with Gasteiger partial charge in [-0.05, 0) is 18.8 Å². The predicted molar refractivity (Wildman–Crippen MR) is 86.8 cm³/mol. The van der Waals surface area contributed by atoms with Gasteiger partial charge in [-0.15, -0.1) is 0 Å². The molecule has 0 atom stereocenters. The zero-order valence-corrected chi connectivity index (χ0v) is 14.2. The lowest BCUT2D eigenvalue weighted by atomic mass is 9.95. The minimum absolute atomic E-state index is 0.00386. The van der Waals surface area contributed by atoms with E-state index in [0.717, 1.165) is 0 Å². The lowest BCUT2D eigenvalue weighted by Gasteiger charge is -2.18. The van der Waals surface area contributed by atoms with Crippen LogP contribution in [0, 0.1) is 11.8 Å². The number of hydrogen-bond donors (Lipinski definition) is 0. The van der Waals surface area contributed by atoms with Crippen molar-refractivity contribution in [2.45, 2.75) is 91.9 Å². The van der Waals surface area contributed by atoms with E-state index < -0.39 is 0 Å². The van der Waals surface area contributed by atoms with Crippen LogP contribution >= 0.6 is 0 Å². The molecule has 0 saturated heterocycles. The van der Waals surface area contributed by atoms with E-state index in [1.807, 2.05) is 13.8 Å². The Kier molecular flexibility index (Phi) is 13.1. The average molecular weight is 284 g/mol. The van der Waals surface area contributed by atoms with Gasteiger partial charge in [0.25, 0.3) is 0 Å². The second-order valence-electron chi connectivity index (χ2n) is 6.35. The Morgan fingerprint density at radius 2 is 1.35 bits per heavy atom. The van der Waals surface area contributed by atoms with Gasteiger partial charge in [-0.25, -0.2) is 0 Å². The third-order valence-corrected chi connectivity index (χ3v) is 3.86. The minimum Gasteiger partial charge on any atom is -0.465 e. The smallest absolute Gasteiger partial charge is 0.308 e. The fourth-order valence-corrected chi connectivity index (χ4v) is 2.40. The van der Waals surface area contributed by atoms with Crippen molar-refractivity contribution in [3.63, 3.8) is 0 Å². The summed E-state index contributed by atoms with van der Waals surface area (Å²) in [6.07, 6.45) is 12.9. The van der Waals surface area contributed by atoms with Crippen LogP contribution in [-0.2, 0) is 9.53 Å². The molecule has 0 aliphatic heterocycles. The largest absolute Gasteiger partial charge is 0.465 e. The molecule has 20 heavy (non-hydrogen) atoms. The summed E-state index contributed by atoms with van der Waals surface area (Å²) >= 11 is 0. The van der Waals surface area contributed by atoms with Crippen LogP contribution in [0.5, 0.6) is 0 Å². The standard InChI is InChI=1S/C18H36O2/c1-5-7-9-11-13-17(14-12-10-8-6-2)15-20-18(19)16(3)4/h16-17H,5-15H2,1-4H3. The molecule has 0 amide bonds. The third-order valence-electron chi connectivity index (χ3n) is 3.86. The van der Waals surface area contributed by atoms with E-state index in [-0.39, 0.29) is 11.9 Å². The van der Waals surface area contributed by atoms with Crippen molar-refractivity contribution in [2.75, 3.05) is 6.61 Å². The zero-order chi connectivity index (χ0) is 15.2. The van der Waals surface area contributed by atoms with Crippen molar-refractivity contribution >= 4 is 5.97 Å². The van der Waals surface area contributed by atoms with E-state index in [1.54, 1.807) is 0 Å². The van der Waals surface area contributed by atoms with Gasteiger partial charge >= 0.3 is 5.97 Å². The van der Waals surface area contributed by atoms with Crippen molar-refractivity contribution < 1.29 is 9.53 Å². The molecular formula is C18H36O2. The first-order valence-corrected chi connectivity index (χ1v) is 8.78. The quantitative estimate of drug-likeness (QED) is 0.318. The molecule has 2 nitrogen and oxygen atoms in total. The average Bonchev–Trinajstić information content (AvgIpc) is 2.43. The molecule has 0 aliphatic carbocycles. The summed E-state index contributed by atoms with van der Waals surface area (Å²) in [7, 11) is 0. The van der Waals surface area contributed by atoms with E-state index in [2.05, 4.69) is 13.8 Å². The summed E-state index contributed by atoms with van der Waals surface area (Å²) in [5, 5.41) is 0. The highest BCUT2D eigenvalue weighted by Gasteiger charge is 2.14. The number of hydrogen-bond acceptors (Lipinski definition) is 2. The molecule has 0 spiro atoms. The molecule has 0 unspecified atom stereocenters. The van der Waals surface area contributed by atoms with Crippen molar-refractivity contribution in [1.82, 2.24) is 0 Å². The third kappa shape index (κ3) is 11.3. The normalized spacial score (nSPS) is 11.3. The number of carbonyl (C=O) groups is 1. The second kappa shape index (κ2) is 13.5. The first kappa shape index (κ1) is 19.5. The lowest BCUT2D eigenvalue weighted by molar-refractivity contribution is -0.148. The monoisotopic (exact) mass is 284 g/mol. The van der Waals surface area contributed by atoms with E-state index >= 15 is 0 Å². The highest BCUT2D eigenvalue weighted by Crippen LogP contribution is 2.19. The Balaban J connectivity index is 3.93. The van der Waals surface area contributed by atoms with Crippen molar-refractivity contribution in [2.24, 2.45) is 11.8 Å². The lowest BCUT2D eigenvalue weighted by Crippen LogP contribution is -2.18. The Labute approximate surface area is 126 Å². The molecule has 0 N–H and O–H groups in total. The summed E-state index contributed by atoms with van der Waals surface area (Å²) in [5.74, 6) is 0.527. The van der Waals surface area contributed by atoms with Gasteiger partial charge in [-0.3, -0.25) is 4.79 Å². The van der Waals surface area contributed by atoms with Crippen molar-refractivity contribution in [3.05, 3.63) is 0 Å². The first-order valence-electron chi connectivity index (χ1n) is 8.78. The van der Waals surface area contributed by atoms with Gasteiger partial charge in [-0.1, -0.05) is 79.1 Å². The molecule has 0 heterocycles. The van der Waals surface area contributed by atoms with Crippen LogP contribution in [-0.4, -0.2) is 12.6 Å². The van der Waals surface area contributed by atoms with Crippen LogP contribution in [0.4, 0.5) is 0 Å². The van der Waals surface area contributed by atoms with Gasteiger partial charge in [0.05, 0.1) is 12.5 Å². The molecule has 120 valence electrons. The topological polar surface area (TPSA) is 26.3 Å². The Morgan fingerprint density at radius 3 is 1.75 bits per heavy atom. The molecule has 0 saturated carbocycles. The molecule has 0 radical (unpaired) electrons. The van der Waals surface area contributed by atoms with Gasteiger partial charge in [0.15, 0.2) is 0 Å². The molecule has 0 aromatic rings. The minimum atomic E-state index is -0.0443. The molecule has 0 rings (SSSR count). The Morgan fingerprint density at radius 1 is 0.850 bits per heavy atom. The SMILES string of the molecule is CCCCCCC(CCCCCC)COC(=O)C(C)C. The summed E-state index contributed by atoms with van der Waals surface area (Å²) < 4.78 is 5.44. The van der Waals surface area contributed by atoms with Crippen LogP contribution in [0.25, 0.3) is 0 Å². The van der Waals surface area contributed by atoms with E-state index in [0.29, 0.717) is 12.5 Å². The van der Waals surface area contributed by atoms with Gasteiger partial charge in [0, 0.05) is 0 Å². The molecule has 0 bridgehead atoms. The zero-order valence-electron chi connectivity index (χ0n) is 14.2. The predicted octanol–water partition coefficient (Wildman–Crippen LogP) is 5.74. The molecule has 0 fully saturated rings. The number of ether oxygens (including phenoxy) is 1. The van der Waals surface area contributed by atoms with Crippen molar-refractivity contribution in [1.29, 1.82) is 0 Å². The van der Waals surface area contributed by atoms with Crippen LogP contribution in [0.15, 0.2) is 0 Å². The number of unbranched alkanes of at least 4 members (excludes halogenated alkanes) is 6. The van der Waals surface area contributed by atoms with Crippen LogP contribution in [0.2, 0.25) is 0 Å². The first-order chi connectivity index (χ1) is 9.61. The fourth-order valence-electron chi connectivity index (χ4n) is 2.40. The summed E-state index contributed by atoms with van der Waals surface area (Å²) in [4.78, 5) is 11.6. The maximum Gasteiger partial charge on any atom is 0.308 e. The second-order valence-corrected chi connectivity index (χ2v) is 6.35. The molecule has 2 heteroatoms. The summed E-state index contributed by atoms with van der Waals surface area (Å²) in [6.45, 7) is 8.92. The molecule has 0 aliphatic rings. The van der Waals surface area contributed by atoms with Crippen LogP contribution < -0.4 is 0 Å². The molecular weight excluding hydrogens is 248 g/mol. The van der Waals surface area contributed by atoms with E-state index in [4.69, 9.17) is 4.74 Å². The van der Waals surface area contributed by atoms with Gasteiger partial charge in [0.1, 0.15) is 0 Å². The Hall–Kier alpha value is -0.530. The van der Waals surface area contributed by atoms with Crippen molar-refractivity contribution in [3.8, 4) is 0 Å². The maximum absolute atomic E-state index is 11.6. The summed E-state index contributed by atoms with van der Waals surface area (Å²) in [5.41, 5.74) is 0. The number of rotatable bonds is 13. The van der Waals surface area contributed by atoms with Gasteiger partial charge in [0.2, 0.25) is 0 Å². The summed E-state index contributed by atoms with van der Waals surface area (Å²) in [6, 6.07) is 0. The van der Waals surface area contributed by atoms with Crippen LogP contribution in [0.3, 0.4) is 0 Å². The number of esters is 1. The highest BCUT2D eigenvalue weighted by molar-refractivity contribution is 5.71. The molecule has 0 aromatic carbocycles.